The van der Waals surface area contributed by atoms with Crippen molar-refractivity contribution in [2.24, 2.45) is 0 Å². The first-order valence-electron chi connectivity index (χ1n) is 9.91. The Balaban J connectivity index is 2.16. The van der Waals surface area contributed by atoms with Crippen LogP contribution >= 0.6 is 0 Å². The quantitative estimate of drug-likeness (QED) is 0.769. The summed E-state index contributed by atoms with van der Waals surface area (Å²) in [6, 6.07) is 14.9. The third kappa shape index (κ3) is 7.26. The summed E-state index contributed by atoms with van der Waals surface area (Å²) in [4.78, 5) is 27.3. The molecule has 5 heteroatoms. The van der Waals surface area contributed by atoms with Gasteiger partial charge < -0.3 is 15.0 Å². The summed E-state index contributed by atoms with van der Waals surface area (Å²) in [6.07, 6.45) is 0. The minimum absolute atomic E-state index is 0.123. The van der Waals surface area contributed by atoms with Crippen LogP contribution < -0.4 is 10.1 Å². The van der Waals surface area contributed by atoms with E-state index in [9.17, 15) is 9.59 Å². The summed E-state index contributed by atoms with van der Waals surface area (Å²) in [6.45, 7) is 11.7. The standard InChI is InChI=1S/C24H32N2O3/c1-17-10-12-20(13-11-17)15-26(19(3)23(28)25-24(4,5)6)22(27)16-29-21-9-7-8-18(2)14-21/h7-14,19H,15-16H2,1-6H3,(H,25,28)/t19-/m0/s1. The van der Waals surface area contributed by atoms with Crippen molar-refractivity contribution in [1.82, 2.24) is 10.2 Å². The average molecular weight is 397 g/mol. The first-order chi connectivity index (χ1) is 13.5. The highest BCUT2D eigenvalue weighted by Crippen LogP contribution is 2.15. The molecule has 2 aromatic carbocycles. The number of rotatable bonds is 7. The molecule has 1 atom stereocenters. The highest BCUT2D eigenvalue weighted by Gasteiger charge is 2.28. The molecule has 0 aliphatic rings. The van der Waals surface area contributed by atoms with E-state index >= 15 is 0 Å². The summed E-state index contributed by atoms with van der Waals surface area (Å²) < 4.78 is 5.69. The van der Waals surface area contributed by atoms with Crippen LogP contribution in [0.25, 0.3) is 0 Å². The molecule has 0 spiro atoms. The minimum Gasteiger partial charge on any atom is -0.484 e. The number of nitrogens with one attached hydrogen (secondary N) is 1. The van der Waals surface area contributed by atoms with E-state index in [-0.39, 0.29) is 24.0 Å². The second-order valence-electron chi connectivity index (χ2n) is 8.53. The van der Waals surface area contributed by atoms with Gasteiger partial charge in [-0.15, -0.1) is 0 Å². The van der Waals surface area contributed by atoms with E-state index in [0.717, 1.165) is 16.7 Å². The molecule has 0 heterocycles. The highest BCUT2D eigenvalue weighted by atomic mass is 16.5. The van der Waals surface area contributed by atoms with Crippen LogP contribution in [0.1, 0.15) is 44.4 Å². The fraction of sp³-hybridized carbons (Fsp3) is 0.417. The van der Waals surface area contributed by atoms with Crippen LogP contribution in [-0.2, 0) is 16.1 Å². The third-order valence-electron chi connectivity index (χ3n) is 4.49. The molecule has 2 aromatic rings. The van der Waals surface area contributed by atoms with Crippen LogP contribution in [0.2, 0.25) is 0 Å². The van der Waals surface area contributed by atoms with E-state index in [4.69, 9.17) is 4.74 Å². The summed E-state index contributed by atoms with van der Waals surface area (Å²) >= 11 is 0. The average Bonchev–Trinajstić information content (AvgIpc) is 2.64. The van der Waals surface area contributed by atoms with Crippen molar-refractivity contribution in [1.29, 1.82) is 0 Å². The van der Waals surface area contributed by atoms with Gasteiger partial charge in [0, 0.05) is 12.1 Å². The normalized spacial score (nSPS) is 12.2. The summed E-state index contributed by atoms with van der Waals surface area (Å²) in [5.41, 5.74) is 2.80. The predicted molar refractivity (Wildman–Crippen MR) is 116 cm³/mol. The first-order valence-corrected chi connectivity index (χ1v) is 9.91. The lowest BCUT2D eigenvalue weighted by Crippen LogP contribution is -2.53. The fourth-order valence-electron chi connectivity index (χ4n) is 2.88. The Kier molecular flexibility index (Phi) is 7.43. The molecule has 0 aliphatic carbocycles. The van der Waals surface area contributed by atoms with E-state index in [1.165, 1.54) is 0 Å². The van der Waals surface area contributed by atoms with Gasteiger partial charge in [0.15, 0.2) is 6.61 Å². The zero-order valence-corrected chi connectivity index (χ0v) is 18.3. The molecule has 0 unspecified atom stereocenters. The molecule has 2 rings (SSSR count). The molecule has 0 saturated carbocycles. The molecule has 0 aliphatic heterocycles. The lowest BCUT2D eigenvalue weighted by Gasteiger charge is -2.31. The Hall–Kier alpha value is -2.82. The lowest BCUT2D eigenvalue weighted by atomic mass is 10.1. The van der Waals surface area contributed by atoms with Gasteiger partial charge in [0.2, 0.25) is 5.91 Å². The number of nitrogens with zero attached hydrogens (tertiary/aromatic N) is 1. The van der Waals surface area contributed by atoms with Crippen molar-refractivity contribution < 1.29 is 14.3 Å². The lowest BCUT2D eigenvalue weighted by molar-refractivity contribution is -0.142. The van der Waals surface area contributed by atoms with Gasteiger partial charge in [-0.1, -0.05) is 42.0 Å². The number of amides is 2. The van der Waals surface area contributed by atoms with Crippen molar-refractivity contribution >= 4 is 11.8 Å². The van der Waals surface area contributed by atoms with Gasteiger partial charge in [-0.2, -0.15) is 0 Å². The van der Waals surface area contributed by atoms with E-state index in [1.807, 2.05) is 83.1 Å². The third-order valence-corrected chi connectivity index (χ3v) is 4.49. The van der Waals surface area contributed by atoms with E-state index in [1.54, 1.807) is 11.8 Å². The molecule has 0 aromatic heterocycles. The van der Waals surface area contributed by atoms with Gasteiger partial charge in [-0.3, -0.25) is 9.59 Å². The maximum absolute atomic E-state index is 13.0. The van der Waals surface area contributed by atoms with E-state index < -0.39 is 6.04 Å². The van der Waals surface area contributed by atoms with Crippen LogP contribution in [0.3, 0.4) is 0 Å². The molecule has 156 valence electrons. The molecular formula is C24H32N2O3. The molecule has 0 radical (unpaired) electrons. The van der Waals surface area contributed by atoms with Crippen molar-refractivity contribution in [2.75, 3.05) is 6.61 Å². The smallest absolute Gasteiger partial charge is 0.261 e. The summed E-state index contributed by atoms with van der Waals surface area (Å²) in [5.74, 6) is 0.220. The molecule has 5 nitrogen and oxygen atoms in total. The van der Waals surface area contributed by atoms with Gasteiger partial charge in [0.25, 0.3) is 5.91 Å². The summed E-state index contributed by atoms with van der Waals surface area (Å²) in [7, 11) is 0. The van der Waals surface area contributed by atoms with Gasteiger partial charge in [0.05, 0.1) is 0 Å². The molecule has 0 fully saturated rings. The maximum atomic E-state index is 13.0. The SMILES string of the molecule is Cc1ccc(CN(C(=O)COc2cccc(C)c2)[C@@H](C)C(=O)NC(C)(C)C)cc1. The fourth-order valence-corrected chi connectivity index (χ4v) is 2.88. The van der Waals surface area contributed by atoms with Crippen molar-refractivity contribution in [2.45, 2.75) is 59.7 Å². The maximum Gasteiger partial charge on any atom is 0.261 e. The first kappa shape index (κ1) is 22.5. The Morgan fingerprint density at radius 3 is 2.28 bits per heavy atom. The molecule has 29 heavy (non-hydrogen) atoms. The predicted octanol–water partition coefficient (Wildman–Crippen LogP) is 4.01. The van der Waals surface area contributed by atoms with Gasteiger partial charge in [0.1, 0.15) is 11.8 Å². The number of hydrogen-bond acceptors (Lipinski definition) is 3. The Labute approximate surface area is 174 Å². The van der Waals surface area contributed by atoms with Gasteiger partial charge >= 0.3 is 0 Å². The molecule has 0 saturated heterocycles. The van der Waals surface area contributed by atoms with E-state index in [0.29, 0.717) is 12.3 Å². The molecule has 2 amide bonds. The number of benzene rings is 2. The number of hydrogen-bond donors (Lipinski definition) is 1. The number of ether oxygens (including phenoxy) is 1. The number of aryl methyl sites for hydroxylation is 2. The zero-order valence-electron chi connectivity index (χ0n) is 18.3. The monoisotopic (exact) mass is 396 g/mol. The number of carbonyl (C=O) groups is 2. The van der Waals surface area contributed by atoms with Crippen LogP contribution in [0, 0.1) is 13.8 Å². The largest absolute Gasteiger partial charge is 0.484 e. The molecular weight excluding hydrogens is 364 g/mol. The second-order valence-corrected chi connectivity index (χ2v) is 8.53. The van der Waals surface area contributed by atoms with Crippen molar-refractivity contribution in [3.63, 3.8) is 0 Å². The summed E-state index contributed by atoms with van der Waals surface area (Å²) in [5, 5.41) is 2.96. The Morgan fingerprint density at radius 2 is 1.69 bits per heavy atom. The van der Waals surface area contributed by atoms with E-state index in [2.05, 4.69) is 5.32 Å². The van der Waals surface area contributed by atoms with Crippen LogP contribution in [0.5, 0.6) is 5.75 Å². The van der Waals surface area contributed by atoms with Crippen LogP contribution in [0.4, 0.5) is 0 Å². The number of carbonyl (C=O) groups excluding carboxylic acids is 2. The molecule has 1 N–H and O–H groups in total. The van der Waals surface area contributed by atoms with Crippen LogP contribution in [0.15, 0.2) is 48.5 Å². The van der Waals surface area contributed by atoms with Crippen molar-refractivity contribution in [3.8, 4) is 5.75 Å². The zero-order chi connectivity index (χ0) is 21.6. The Morgan fingerprint density at radius 1 is 1.03 bits per heavy atom. The topological polar surface area (TPSA) is 58.6 Å². The molecule has 0 bridgehead atoms. The minimum atomic E-state index is -0.621. The van der Waals surface area contributed by atoms with Crippen LogP contribution in [-0.4, -0.2) is 34.9 Å². The van der Waals surface area contributed by atoms with Gasteiger partial charge in [-0.05, 0) is 64.8 Å². The highest BCUT2D eigenvalue weighted by molar-refractivity contribution is 5.88. The van der Waals surface area contributed by atoms with Gasteiger partial charge in [-0.25, -0.2) is 0 Å². The Bertz CT molecular complexity index is 838. The van der Waals surface area contributed by atoms with Crippen molar-refractivity contribution in [3.05, 3.63) is 65.2 Å². The second kappa shape index (κ2) is 9.59.